The third-order valence-electron chi connectivity index (χ3n) is 2.81. The van der Waals surface area contributed by atoms with Crippen molar-refractivity contribution in [3.63, 3.8) is 0 Å². The predicted octanol–water partition coefficient (Wildman–Crippen LogP) is 3.26. The Morgan fingerprint density at radius 1 is 1.11 bits per heavy atom. The number of amides is 1. The van der Waals surface area contributed by atoms with Gasteiger partial charge in [0, 0.05) is 17.6 Å². The van der Waals surface area contributed by atoms with Crippen LogP contribution in [0.4, 0.5) is 5.69 Å². The summed E-state index contributed by atoms with van der Waals surface area (Å²) in [6.45, 7) is 5.87. The molecule has 0 spiro atoms. The van der Waals surface area contributed by atoms with E-state index in [0.29, 0.717) is 5.56 Å². The first-order valence-electron chi connectivity index (χ1n) is 5.87. The molecule has 0 saturated carbocycles. The fraction of sp³-hybridized carbons (Fsp3) is 0.200. The van der Waals surface area contributed by atoms with Crippen LogP contribution in [0.15, 0.2) is 36.5 Å². The average Bonchev–Trinajstić information content (AvgIpc) is 2.34. The van der Waals surface area contributed by atoms with Gasteiger partial charge in [-0.1, -0.05) is 12.1 Å². The molecule has 0 radical (unpaired) electrons. The Labute approximate surface area is 107 Å². The summed E-state index contributed by atoms with van der Waals surface area (Å²) >= 11 is 0. The van der Waals surface area contributed by atoms with Crippen LogP contribution in [0.2, 0.25) is 0 Å². The van der Waals surface area contributed by atoms with Gasteiger partial charge in [0.25, 0.3) is 5.91 Å². The number of hydrogen-bond donors (Lipinski definition) is 1. The Hall–Kier alpha value is -2.16. The maximum atomic E-state index is 12.0. The van der Waals surface area contributed by atoms with Crippen LogP contribution in [-0.2, 0) is 0 Å². The minimum absolute atomic E-state index is 0.129. The summed E-state index contributed by atoms with van der Waals surface area (Å²) in [7, 11) is 0. The number of rotatable bonds is 2. The van der Waals surface area contributed by atoms with E-state index in [1.807, 2.05) is 45.0 Å². The van der Waals surface area contributed by atoms with Gasteiger partial charge in [0.15, 0.2) is 0 Å². The topological polar surface area (TPSA) is 42.0 Å². The Bertz CT molecular complexity index is 574. The Balaban J connectivity index is 2.21. The second-order valence-corrected chi connectivity index (χ2v) is 4.46. The molecule has 1 amide bonds. The van der Waals surface area contributed by atoms with Crippen LogP contribution in [0.3, 0.4) is 0 Å². The van der Waals surface area contributed by atoms with Crippen LogP contribution in [0.25, 0.3) is 0 Å². The maximum Gasteiger partial charge on any atom is 0.257 e. The van der Waals surface area contributed by atoms with Crippen molar-refractivity contribution in [2.45, 2.75) is 20.8 Å². The third-order valence-corrected chi connectivity index (χ3v) is 2.81. The molecule has 0 aliphatic rings. The molecular weight excluding hydrogens is 224 g/mol. The Kier molecular flexibility index (Phi) is 3.42. The van der Waals surface area contributed by atoms with E-state index >= 15 is 0 Å². The van der Waals surface area contributed by atoms with Gasteiger partial charge in [-0.2, -0.15) is 0 Å². The van der Waals surface area contributed by atoms with Crippen LogP contribution < -0.4 is 5.32 Å². The number of benzene rings is 1. The zero-order chi connectivity index (χ0) is 13.1. The molecule has 1 aromatic heterocycles. The third kappa shape index (κ3) is 2.74. The molecule has 18 heavy (non-hydrogen) atoms. The van der Waals surface area contributed by atoms with Gasteiger partial charge in [-0.05, 0) is 50.1 Å². The van der Waals surface area contributed by atoms with Gasteiger partial charge in [-0.25, -0.2) is 0 Å². The molecule has 2 aromatic rings. The molecule has 0 aliphatic heterocycles. The highest BCUT2D eigenvalue weighted by Gasteiger charge is 2.07. The SMILES string of the molecule is Cc1ccc(C)c(NC(=O)c2ccc(C)nc2)c1. The highest BCUT2D eigenvalue weighted by molar-refractivity contribution is 6.04. The highest BCUT2D eigenvalue weighted by atomic mass is 16.1. The van der Waals surface area contributed by atoms with Gasteiger partial charge in [0.05, 0.1) is 5.56 Å². The van der Waals surface area contributed by atoms with Crippen molar-refractivity contribution in [2.24, 2.45) is 0 Å². The highest BCUT2D eigenvalue weighted by Crippen LogP contribution is 2.17. The van der Waals surface area contributed by atoms with Gasteiger partial charge in [-0.3, -0.25) is 9.78 Å². The van der Waals surface area contributed by atoms with Gasteiger partial charge in [-0.15, -0.1) is 0 Å². The molecule has 0 aliphatic carbocycles. The first-order chi connectivity index (χ1) is 8.56. The molecule has 92 valence electrons. The largest absolute Gasteiger partial charge is 0.322 e. The van der Waals surface area contributed by atoms with Gasteiger partial charge in [0.1, 0.15) is 0 Å². The van der Waals surface area contributed by atoms with E-state index in [0.717, 1.165) is 22.5 Å². The molecule has 0 bridgehead atoms. The van der Waals surface area contributed by atoms with Crippen LogP contribution in [0.5, 0.6) is 0 Å². The lowest BCUT2D eigenvalue weighted by Gasteiger charge is -2.09. The Morgan fingerprint density at radius 3 is 2.56 bits per heavy atom. The summed E-state index contributed by atoms with van der Waals surface area (Å²) in [4.78, 5) is 16.2. The number of aryl methyl sites for hydroxylation is 3. The van der Waals surface area contributed by atoms with Crippen molar-refractivity contribution in [1.29, 1.82) is 0 Å². The molecule has 0 atom stereocenters. The standard InChI is InChI=1S/C15H16N2O/c1-10-4-5-11(2)14(8-10)17-15(18)13-7-6-12(3)16-9-13/h4-9H,1-3H3,(H,17,18). The van der Waals surface area contributed by atoms with E-state index in [2.05, 4.69) is 10.3 Å². The fourth-order valence-corrected chi connectivity index (χ4v) is 1.67. The van der Waals surface area contributed by atoms with Crippen molar-refractivity contribution in [1.82, 2.24) is 4.98 Å². The minimum atomic E-state index is -0.129. The molecule has 2 rings (SSSR count). The van der Waals surface area contributed by atoms with Crippen molar-refractivity contribution in [3.05, 3.63) is 58.9 Å². The number of hydrogen-bond acceptors (Lipinski definition) is 2. The minimum Gasteiger partial charge on any atom is -0.322 e. The summed E-state index contributed by atoms with van der Waals surface area (Å²) in [5, 5.41) is 2.91. The number of pyridine rings is 1. The van der Waals surface area contributed by atoms with E-state index in [4.69, 9.17) is 0 Å². The van der Waals surface area contributed by atoms with E-state index in [1.165, 1.54) is 0 Å². The number of aromatic nitrogens is 1. The predicted molar refractivity (Wildman–Crippen MR) is 72.8 cm³/mol. The molecule has 0 saturated heterocycles. The summed E-state index contributed by atoms with van der Waals surface area (Å²) < 4.78 is 0. The van der Waals surface area contributed by atoms with E-state index in [-0.39, 0.29) is 5.91 Å². The maximum absolute atomic E-state index is 12.0. The number of carbonyl (C=O) groups is 1. The smallest absolute Gasteiger partial charge is 0.257 e. The van der Waals surface area contributed by atoms with Gasteiger partial charge in [0.2, 0.25) is 0 Å². The van der Waals surface area contributed by atoms with Crippen molar-refractivity contribution in [3.8, 4) is 0 Å². The fourth-order valence-electron chi connectivity index (χ4n) is 1.67. The van der Waals surface area contributed by atoms with Crippen LogP contribution in [0, 0.1) is 20.8 Å². The monoisotopic (exact) mass is 240 g/mol. The summed E-state index contributed by atoms with van der Waals surface area (Å²) in [6, 6.07) is 9.60. The molecule has 1 heterocycles. The van der Waals surface area contributed by atoms with Gasteiger partial charge >= 0.3 is 0 Å². The van der Waals surface area contributed by atoms with Crippen LogP contribution in [0.1, 0.15) is 27.2 Å². The summed E-state index contributed by atoms with van der Waals surface area (Å²) in [5.74, 6) is -0.129. The number of nitrogens with zero attached hydrogens (tertiary/aromatic N) is 1. The molecular formula is C15H16N2O. The lowest BCUT2D eigenvalue weighted by atomic mass is 10.1. The normalized spacial score (nSPS) is 10.2. The first kappa shape index (κ1) is 12.3. The van der Waals surface area contributed by atoms with E-state index in [1.54, 1.807) is 12.3 Å². The van der Waals surface area contributed by atoms with Crippen molar-refractivity contribution >= 4 is 11.6 Å². The van der Waals surface area contributed by atoms with Crippen molar-refractivity contribution < 1.29 is 4.79 Å². The van der Waals surface area contributed by atoms with Crippen LogP contribution in [-0.4, -0.2) is 10.9 Å². The van der Waals surface area contributed by atoms with Gasteiger partial charge < -0.3 is 5.32 Å². The van der Waals surface area contributed by atoms with E-state index in [9.17, 15) is 4.79 Å². The number of carbonyl (C=O) groups excluding carboxylic acids is 1. The lowest BCUT2D eigenvalue weighted by Crippen LogP contribution is -2.13. The zero-order valence-corrected chi connectivity index (χ0v) is 10.8. The molecule has 1 aromatic carbocycles. The molecule has 3 heteroatoms. The van der Waals surface area contributed by atoms with E-state index < -0.39 is 0 Å². The second kappa shape index (κ2) is 5.00. The van der Waals surface area contributed by atoms with Crippen LogP contribution >= 0.6 is 0 Å². The second-order valence-electron chi connectivity index (χ2n) is 4.46. The molecule has 0 fully saturated rings. The summed E-state index contributed by atoms with van der Waals surface area (Å²) in [6.07, 6.45) is 1.59. The van der Waals surface area contributed by atoms with Crippen molar-refractivity contribution in [2.75, 3.05) is 5.32 Å². The number of anilines is 1. The Morgan fingerprint density at radius 2 is 1.89 bits per heavy atom. The zero-order valence-electron chi connectivity index (χ0n) is 10.8. The first-order valence-corrected chi connectivity index (χ1v) is 5.87. The quantitative estimate of drug-likeness (QED) is 0.875. The summed E-state index contributed by atoms with van der Waals surface area (Å²) in [5.41, 5.74) is 4.49. The molecule has 3 nitrogen and oxygen atoms in total. The number of nitrogens with one attached hydrogen (secondary N) is 1. The lowest BCUT2D eigenvalue weighted by molar-refractivity contribution is 0.102. The molecule has 1 N–H and O–H groups in total. The average molecular weight is 240 g/mol. The molecule has 0 unspecified atom stereocenters.